The third kappa shape index (κ3) is 9.08. The molecule has 18 rings (SSSR count). The van der Waals surface area contributed by atoms with Gasteiger partial charge in [-0.1, -0.05) is 53.7 Å². The number of fused-ring (bicyclic) bond motifs is 16. The number of carbonyl (C=O) groups excluding carboxylic acids is 8. The molecule has 0 spiro atoms. The maximum Gasteiger partial charge on any atom is 0.402 e. The molecule has 4 aliphatic heterocycles. The van der Waals surface area contributed by atoms with E-state index in [-0.39, 0.29) is 127 Å². The topological polar surface area (TPSA) is 168 Å². The first-order valence-electron chi connectivity index (χ1n) is 37.5. The lowest BCUT2D eigenvalue weighted by atomic mass is 9.52. The molecular weight excluding hydrogens is 1290 g/mol. The number of carbonyl (C=O) groups is 8. The predicted molar refractivity (Wildman–Crippen MR) is 376 cm³/mol. The maximum absolute atomic E-state index is 15.8. The number of imide groups is 4. The molecule has 14 unspecified atom stereocenters. The van der Waals surface area contributed by atoms with Gasteiger partial charge in [-0.15, -0.1) is 0 Å². The van der Waals surface area contributed by atoms with Crippen LogP contribution in [0.15, 0.2) is 133 Å². The largest absolute Gasteiger partial charge is 0.457 e. The SMILES string of the molecule is CC(C)CC1(C2CC3CC2[C@H]2C(=O)N(c4ccc(Oc5ccc(N6C(=O)c7ccc(C(C)(c8ccc9c(c8)C(=O)N(c8ccc(Oc%10ccc(N%11C(=O)[C@@H]%12C%13CC(CC%13C%13(CC(C)C)C%14CCC(C%14)C%13C)[C@@H]%12C%11=O)cc%10)cc8)C9=O)C(F)(F)F)cc7C6=O)cc5)cc4)C(=O)[C@@H]32)C2CCC(C2)C1C. The van der Waals surface area contributed by atoms with Crippen LogP contribution in [0, 0.1) is 117 Å². The molecule has 14 nitrogen and oxygen atoms in total. The zero-order valence-electron chi connectivity index (χ0n) is 58.6. The summed E-state index contributed by atoms with van der Waals surface area (Å²) >= 11 is 0. The van der Waals surface area contributed by atoms with Gasteiger partial charge in [-0.05, 0) is 310 Å². The van der Waals surface area contributed by atoms with Crippen molar-refractivity contribution in [2.24, 2.45) is 117 Å². The number of ether oxygens (including phenoxy) is 2. The monoisotopic (exact) mass is 1380 g/mol. The van der Waals surface area contributed by atoms with Gasteiger partial charge in [0.15, 0.2) is 0 Å². The van der Waals surface area contributed by atoms with Gasteiger partial charge in [0.25, 0.3) is 23.6 Å². The van der Waals surface area contributed by atoms with Crippen LogP contribution in [-0.2, 0) is 24.6 Å². The molecule has 0 N–H and O–H groups in total. The highest BCUT2D eigenvalue weighted by atomic mass is 19.4. The van der Waals surface area contributed by atoms with E-state index in [0.29, 0.717) is 81.7 Å². The first kappa shape index (κ1) is 65.3. The van der Waals surface area contributed by atoms with Crippen molar-refractivity contribution in [1.82, 2.24) is 0 Å². The summed E-state index contributed by atoms with van der Waals surface area (Å²) in [5, 5.41) is 0. The van der Waals surface area contributed by atoms with Crippen molar-refractivity contribution in [3.05, 3.63) is 167 Å². The van der Waals surface area contributed by atoms with Crippen molar-refractivity contribution in [2.75, 3.05) is 19.6 Å². The molecule has 8 aliphatic carbocycles. The average molecular weight is 1380 g/mol. The van der Waals surface area contributed by atoms with Crippen LogP contribution in [-0.4, -0.2) is 53.4 Å². The van der Waals surface area contributed by atoms with Crippen LogP contribution >= 0.6 is 0 Å². The summed E-state index contributed by atoms with van der Waals surface area (Å²) in [6.45, 7) is 15.2. The Morgan fingerprint density at radius 2 is 0.725 bits per heavy atom. The molecule has 18 atom stereocenters. The van der Waals surface area contributed by atoms with Crippen molar-refractivity contribution in [1.29, 1.82) is 0 Å². The Bertz CT molecular complexity index is 4300. The van der Waals surface area contributed by atoms with E-state index in [1.165, 1.54) is 97.6 Å². The van der Waals surface area contributed by atoms with E-state index in [0.717, 1.165) is 78.5 Å². The highest BCUT2D eigenvalue weighted by Gasteiger charge is 2.72. The highest BCUT2D eigenvalue weighted by Crippen LogP contribution is 2.75. The lowest BCUT2D eigenvalue weighted by Gasteiger charge is -2.52. The maximum atomic E-state index is 15.8. The second-order valence-electron chi connectivity index (χ2n) is 33.9. The van der Waals surface area contributed by atoms with Gasteiger partial charge in [0, 0.05) is 0 Å². The van der Waals surface area contributed by atoms with Crippen molar-refractivity contribution in [2.45, 2.75) is 137 Å². The first-order chi connectivity index (χ1) is 48.8. The Hall–Kier alpha value is -8.73. The summed E-state index contributed by atoms with van der Waals surface area (Å²) in [4.78, 5) is 119. The van der Waals surface area contributed by atoms with Crippen molar-refractivity contribution < 1.29 is 61.0 Å². The smallest absolute Gasteiger partial charge is 0.402 e. The van der Waals surface area contributed by atoms with Gasteiger partial charge < -0.3 is 9.47 Å². The molecule has 17 heteroatoms. The minimum atomic E-state index is -5.02. The van der Waals surface area contributed by atoms with E-state index in [4.69, 9.17) is 9.47 Å². The van der Waals surface area contributed by atoms with Gasteiger partial charge in [-0.3, -0.25) is 48.2 Å². The number of hydrogen-bond donors (Lipinski definition) is 0. The summed E-state index contributed by atoms with van der Waals surface area (Å²) in [5.41, 5.74) is -2.56. The zero-order chi connectivity index (χ0) is 70.9. The van der Waals surface area contributed by atoms with Gasteiger partial charge in [0.2, 0.25) is 23.6 Å². The van der Waals surface area contributed by atoms with Gasteiger partial charge >= 0.3 is 6.18 Å². The molecule has 4 heterocycles. The van der Waals surface area contributed by atoms with Gasteiger partial charge in [0.1, 0.15) is 28.4 Å². The van der Waals surface area contributed by atoms with Crippen LogP contribution in [0.3, 0.4) is 0 Å². The summed E-state index contributed by atoms with van der Waals surface area (Å²) < 4.78 is 59.8. The fourth-order valence-corrected chi connectivity index (χ4v) is 24.9. The number of anilines is 4. The molecule has 2 saturated heterocycles. The van der Waals surface area contributed by atoms with Crippen molar-refractivity contribution in [3.63, 3.8) is 0 Å². The second kappa shape index (κ2) is 22.9. The minimum Gasteiger partial charge on any atom is -0.457 e. The van der Waals surface area contributed by atoms with Crippen molar-refractivity contribution in [3.8, 4) is 23.0 Å². The number of alkyl halides is 3. The minimum absolute atomic E-state index is 0.0918. The number of hydrogen-bond acceptors (Lipinski definition) is 10. The molecule has 12 aliphatic rings. The van der Waals surface area contributed by atoms with E-state index in [9.17, 15) is 38.4 Å². The number of halogens is 3. The Labute approximate surface area is 592 Å². The third-order valence-corrected chi connectivity index (χ3v) is 28.9. The molecule has 526 valence electrons. The van der Waals surface area contributed by atoms with Crippen LogP contribution in [0.25, 0.3) is 0 Å². The Morgan fingerprint density at radius 3 is 1.04 bits per heavy atom. The molecule has 102 heavy (non-hydrogen) atoms. The summed E-state index contributed by atoms with van der Waals surface area (Å²) in [6, 6.07) is 32.6. The Balaban J connectivity index is 0.519. The van der Waals surface area contributed by atoms with E-state index in [2.05, 4.69) is 41.5 Å². The molecular formula is C85H85F3N4O10. The Kier molecular flexibility index (Phi) is 14.7. The standard InChI is InChI=1S/C85H85F3N4O10/c1-42(2)40-83(44(5)46-8-10-52(83)32-46)68-36-48-34-66(68)72-70(48)78(97)91(80(72)99)56-18-26-60(27-19-56)101-58-22-14-54(15-23-58)89-74(93)62-30-12-50(38-64(62)76(89)95)82(7,85(86,87)88)51-13-31-63-65(39-51)77(96)90(75(63)94)55-16-24-59(25-17-55)102-61-28-20-57(21-29-61)92-79(98)71-49-35-67(73(71)81(92)100)69(37-49)84(41-43(3)4)45(6)47-9-11-53(84)33-47/h12-31,38-39,42-49,52-53,66-73H,8-11,32-37,40-41H2,1-7H3/t44?,45?,46?,47?,48?,49?,52?,53?,66?,67?,68?,69?,70-,71-,72+,73+,82?,83?,84?/m0/s1. The lowest BCUT2D eigenvalue weighted by molar-refractivity contribution is -0.173. The van der Waals surface area contributed by atoms with Crippen molar-refractivity contribution >= 4 is 70.0 Å². The number of rotatable bonds is 16. The summed E-state index contributed by atoms with van der Waals surface area (Å²) in [7, 11) is 0. The van der Waals surface area contributed by atoms with Crippen LogP contribution in [0.5, 0.6) is 23.0 Å². The molecule has 6 aromatic carbocycles. The Morgan fingerprint density at radius 1 is 0.402 bits per heavy atom. The fourth-order valence-electron chi connectivity index (χ4n) is 24.9. The number of amides is 8. The van der Waals surface area contributed by atoms with Gasteiger partial charge in [-0.25, -0.2) is 9.80 Å². The molecule has 8 saturated carbocycles. The second-order valence-corrected chi connectivity index (χ2v) is 33.9. The number of nitrogens with zero attached hydrogens (tertiary/aromatic N) is 4. The molecule has 10 fully saturated rings. The molecule has 8 bridgehead atoms. The summed E-state index contributed by atoms with van der Waals surface area (Å²) in [6.07, 6.45) is 9.10. The normalized spacial score (nSPS) is 34.3. The first-order valence-corrected chi connectivity index (χ1v) is 37.5. The predicted octanol–water partition coefficient (Wildman–Crippen LogP) is 17.5. The molecule has 0 radical (unpaired) electrons. The fraction of sp³-hybridized carbons (Fsp3) is 0.482. The van der Waals surface area contributed by atoms with Gasteiger partial charge in [-0.2, -0.15) is 13.2 Å². The molecule has 0 aromatic heterocycles. The zero-order valence-corrected chi connectivity index (χ0v) is 58.6. The van der Waals surface area contributed by atoms with Crippen LogP contribution < -0.4 is 29.1 Å². The quantitative estimate of drug-likeness (QED) is 0.0851. The van der Waals surface area contributed by atoms with Gasteiger partial charge in [0.05, 0.1) is 68.7 Å². The lowest BCUT2D eigenvalue weighted by Crippen LogP contribution is -2.48. The van der Waals surface area contributed by atoms with E-state index in [1.807, 2.05) is 0 Å². The van der Waals surface area contributed by atoms with Crippen LogP contribution in [0.4, 0.5) is 35.9 Å². The third-order valence-electron chi connectivity index (χ3n) is 28.9. The average Bonchev–Trinajstić information content (AvgIpc) is 1.52. The van der Waals surface area contributed by atoms with E-state index >= 15 is 13.2 Å². The van der Waals surface area contributed by atoms with E-state index in [1.54, 1.807) is 72.8 Å². The molecule has 6 aromatic rings. The number of benzene rings is 6. The van der Waals surface area contributed by atoms with E-state index < -0.39 is 35.2 Å². The highest BCUT2D eigenvalue weighted by molar-refractivity contribution is 6.35. The van der Waals surface area contributed by atoms with Crippen LogP contribution in [0.1, 0.15) is 178 Å². The summed E-state index contributed by atoms with van der Waals surface area (Å²) in [5.74, 6) is 3.88. The van der Waals surface area contributed by atoms with Crippen LogP contribution in [0.2, 0.25) is 0 Å². The molecule has 8 amide bonds.